The summed E-state index contributed by atoms with van der Waals surface area (Å²) in [6, 6.07) is 12.3. The van der Waals surface area contributed by atoms with Crippen LogP contribution in [0.5, 0.6) is 5.75 Å². The van der Waals surface area contributed by atoms with Gasteiger partial charge in [0.1, 0.15) is 5.75 Å². The van der Waals surface area contributed by atoms with Crippen LogP contribution in [0.4, 0.5) is 11.4 Å². The number of rotatable bonds is 6. The molecule has 0 saturated carbocycles. The van der Waals surface area contributed by atoms with Crippen LogP contribution in [0.15, 0.2) is 42.5 Å². The number of nitro groups is 1. The van der Waals surface area contributed by atoms with Gasteiger partial charge >= 0.3 is 5.97 Å². The lowest BCUT2D eigenvalue weighted by atomic mass is 9.99. The van der Waals surface area contributed by atoms with Gasteiger partial charge in [0, 0.05) is 36.2 Å². The molecule has 130 valence electrons. The first-order valence-corrected chi connectivity index (χ1v) is 8.02. The Morgan fingerprint density at radius 3 is 2.88 bits per heavy atom. The molecule has 0 saturated heterocycles. The van der Waals surface area contributed by atoms with E-state index in [1.54, 1.807) is 6.07 Å². The van der Waals surface area contributed by atoms with Crippen LogP contribution >= 0.6 is 0 Å². The molecule has 3 rings (SSSR count). The van der Waals surface area contributed by atoms with Crippen LogP contribution in [0.1, 0.15) is 30.0 Å². The number of carboxylic acid groups (broad SMARTS) is 1. The molecule has 2 N–H and O–H groups in total. The second-order valence-corrected chi connectivity index (χ2v) is 5.86. The normalized spacial score (nSPS) is 15.8. The van der Waals surface area contributed by atoms with Crippen LogP contribution in [0.3, 0.4) is 0 Å². The van der Waals surface area contributed by atoms with Gasteiger partial charge in [-0.1, -0.05) is 18.2 Å². The first-order valence-electron chi connectivity index (χ1n) is 8.02. The van der Waals surface area contributed by atoms with Gasteiger partial charge in [-0.2, -0.15) is 0 Å². The highest BCUT2D eigenvalue weighted by atomic mass is 16.6. The van der Waals surface area contributed by atoms with Crippen molar-refractivity contribution in [3.8, 4) is 5.75 Å². The number of anilines is 1. The molecule has 0 bridgehead atoms. The number of benzene rings is 2. The molecule has 1 atom stereocenters. The SMILES string of the molecule is O=C(O)CCc1cc([N+](=O)[O-])ccc1NC1CCOc2ccccc21. The van der Waals surface area contributed by atoms with Crippen molar-refractivity contribution in [1.82, 2.24) is 0 Å². The van der Waals surface area contributed by atoms with Crippen molar-refractivity contribution in [2.24, 2.45) is 0 Å². The maximum Gasteiger partial charge on any atom is 0.303 e. The van der Waals surface area contributed by atoms with Gasteiger partial charge in [0.25, 0.3) is 5.69 Å². The first kappa shape index (κ1) is 16.8. The first-order chi connectivity index (χ1) is 12.0. The molecule has 0 aliphatic carbocycles. The molecule has 7 heteroatoms. The van der Waals surface area contributed by atoms with Gasteiger partial charge < -0.3 is 15.2 Å². The number of non-ortho nitro benzene ring substituents is 1. The van der Waals surface area contributed by atoms with Crippen molar-refractivity contribution in [3.63, 3.8) is 0 Å². The zero-order valence-corrected chi connectivity index (χ0v) is 13.5. The molecule has 2 aromatic rings. The topological polar surface area (TPSA) is 102 Å². The van der Waals surface area contributed by atoms with E-state index in [0.29, 0.717) is 17.9 Å². The maximum absolute atomic E-state index is 11.0. The number of hydrogen-bond acceptors (Lipinski definition) is 5. The number of fused-ring (bicyclic) bond motifs is 1. The quantitative estimate of drug-likeness (QED) is 0.615. The summed E-state index contributed by atoms with van der Waals surface area (Å²) in [4.78, 5) is 21.4. The Morgan fingerprint density at radius 1 is 1.32 bits per heavy atom. The second-order valence-electron chi connectivity index (χ2n) is 5.86. The van der Waals surface area contributed by atoms with Crippen LogP contribution < -0.4 is 10.1 Å². The summed E-state index contributed by atoms with van der Waals surface area (Å²) < 4.78 is 5.64. The molecule has 25 heavy (non-hydrogen) atoms. The summed E-state index contributed by atoms with van der Waals surface area (Å²) in [5.74, 6) is -0.117. The lowest BCUT2D eigenvalue weighted by Crippen LogP contribution is -2.21. The maximum atomic E-state index is 11.0. The van der Waals surface area contributed by atoms with Crippen LogP contribution in [-0.2, 0) is 11.2 Å². The highest BCUT2D eigenvalue weighted by molar-refractivity contribution is 5.68. The zero-order chi connectivity index (χ0) is 17.8. The number of aryl methyl sites for hydroxylation is 1. The minimum absolute atomic E-state index is 0.00924. The van der Waals surface area contributed by atoms with Crippen molar-refractivity contribution in [3.05, 3.63) is 63.7 Å². The molecule has 0 aromatic heterocycles. The predicted molar refractivity (Wildman–Crippen MR) is 92.0 cm³/mol. The molecule has 0 radical (unpaired) electrons. The van der Waals surface area contributed by atoms with Gasteiger partial charge in [0.2, 0.25) is 0 Å². The van der Waals surface area contributed by atoms with E-state index in [0.717, 1.165) is 17.7 Å². The van der Waals surface area contributed by atoms with Gasteiger partial charge in [-0.05, 0) is 24.1 Å². The number of nitro benzene ring substituents is 1. The van der Waals surface area contributed by atoms with Gasteiger partial charge in [-0.3, -0.25) is 14.9 Å². The largest absolute Gasteiger partial charge is 0.493 e. The number of aliphatic carboxylic acids is 1. The monoisotopic (exact) mass is 342 g/mol. The summed E-state index contributed by atoms with van der Waals surface area (Å²) in [5.41, 5.74) is 2.32. The van der Waals surface area contributed by atoms with E-state index in [4.69, 9.17) is 9.84 Å². The van der Waals surface area contributed by atoms with Crippen LogP contribution in [-0.4, -0.2) is 22.6 Å². The predicted octanol–water partition coefficient (Wildman–Crippen LogP) is 3.55. The molecule has 1 heterocycles. The summed E-state index contributed by atoms with van der Waals surface area (Å²) in [5, 5.41) is 23.3. The van der Waals surface area contributed by atoms with E-state index in [2.05, 4.69) is 5.32 Å². The van der Waals surface area contributed by atoms with E-state index in [9.17, 15) is 14.9 Å². The summed E-state index contributed by atoms with van der Waals surface area (Å²) in [6.07, 6.45) is 0.900. The standard InChI is InChI=1S/C18H18N2O5/c21-18(22)8-5-12-11-13(20(23)24)6-7-15(12)19-16-9-10-25-17-4-2-1-3-14(16)17/h1-4,6-7,11,16,19H,5,8-10H2,(H,21,22). The summed E-state index contributed by atoms with van der Waals surface area (Å²) in [6.45, 7) is 0.576. The van der Waals surface area contributed by atoms with Gasteiger partial charge in [-0.15, -0.1) is 0 Å². The fraction of sp³-hybridized carbons (Fsp3) is 0.278. The molecule has 2 aromatic carbocycles. The summed E-state index contributed by atoms with van der Waals surface area (Å²) >= 11 is 0. The highest BCUT2D eigenvalue weighted by Crippen LogP contribution is 2.35. The molecular weight excluding hydrogens is 324 g/mol. The molecular formula is C18H18N2O5. The number of carboxylic acids is 1. The van der Waals surface area contributed by atoms with E-state index in [1.807, 2.05) is 24.3 Å². The van der Waals surface area contributed by atoms with Gasteiger partial charge in [0.05, 0.1) is 17.6 Å². The van der Waals surface area contributed by atoms with Crippen molar-refractivity contribution in [1.29, 1.82) is 0 Å². The molecule has 1 unspecified atom stereocenters. The zero-order valence-electron chi connectivity index (χ0n) is 13.5. The molecule has 0 amide bonds. The minimum Gasteiger partial charge on any atom is -0.493 e. The number of nitrogens with one attached hydrogen (secondary N) is 1. The number of para-hydroxylation sites is 1. The molecule has 1 aliphatic heterocycles. The molecule has 0 spiro atoms. The molecule has 1 aliphatic rings. The number of hydrogen-bond donors (Lipinski definition) is 2. The summed E-state index contributed by atoms with van der Waals surface area (Å²) in [7, 11) is 0. The Labute approximate surface area is 144 Å². The Bertz CT molecular complexity index is 806. The van der Waals surface area contributed by atoms with Crippen molar-refractivity contribution >= 4 is 17.3 Å². The number of carbonyl (C=O) groups is 1. The molecule has 7 nitrogen and oxygen atoms in total. The van der Waals surface area contributed by atoms with Crippen LogP contribution in [0.2, 0.25) is 0 Å². The fourth-order valence-corrected chi connectivity index (χ4v) is 2.96. The molecule has 0 fully saturated rings. The Morgan fingerprint density at radius 2 is 2.12 bits per heavy atom. The average Bonchev–Trinajstić information content (AvgIpc) is 2.61. The number of nitrogens with zero attached hydrogens (tertiary/aromatic N) is 1. The third-order valence-corrected chi connectivity index (χ3v) is 4.20. The van der Waals surface area contributed by atoms with Crippen molar-refractivity contribution in [2.75, 3.05) is 11.9 Å². The van der Waals surface area contributed by atoms with E-state index in [1.165, 1.54) is 12.1 Å². The lowest BCUT2D eigenvalue weighted by Gasteiger charge is -2.28. The van der Waals surface area contributed by atoms with Gasteiger partial charge in [-0.25, -0.2) is 0 Å². The Hall–Kier alpha value is -3.09. The van der Waals surface area contributed by atoms with Crippen LogP contribution in [0.25, 0.3) is 0 Å². The third-order valence-electron chi connectivity index (χ3n) is 4.20. The Kier molecular flexibility index (Phi) is 4.83. The fourth-order valence-electron chi connectivity index (χ4n) is 2.96. The van der Waals surface area contributed by atoms with Crippen molar-refractivity contribution in [2.45, 2.75) is 25.3 Å². The lowest BCUT2D eigenvalue weighted by molar-refractivity contribution is -0.384. The van der Waals surface area contributed by atoms with Gasteiger partial charge in [0.15, 0.2) is 0 Å². The third kappa shape index (κ3) is 3.88. The highest BCUT2D eigenvalue weighted by Gasteiger charge is 2.22. The Balaban J connectivity index is 1.89. The minimum atomic E-state index is -0.936. The smallest absolute Gasteiger partial charge is 0.303 e. The van der Waals surface area contributed by atoms with E-state index >= 15 is 0 Å². The average molecular weight is 342 g/mol. The van der Waals surface area contributed by atoms with Crippen molar-refractivity contribution < 1.29 is 19.6 Å². The van der Waals surface area contributed by atoms with Crippen LogP contribution in [0, 0.1) is 10.1 Å². The number of ether oxygens (including phenoxy) is 1. The second kappa shape index (κ2) is 7.21. The van der Waals surface area contributed by atoms with E-state index in [-0.39, 0.29) is 24.6 Å². The van der Waals surface area contributed by atoms with E-state index < -0.39 is 10.9 Å².